The molecule has 1 aliphatic rings. The number of halogens is 1. The van der Waals surface area contributed by atoms with Crippen LogP contribution in [0.15, 0.2) is 28.7 Å². The second-order valence-electron chi connectivity index (χ2n) is 5.92. The fraction of sp³-hybridized carbons (Fsp3) is 0.588. The van der Waals surface area contributed by atoms with Crippen molar-refractivity contribution >= 4 is 21.7 Å². The summed E-state index contributed by atoms with van der Waals surface area (Å²) < 4.78 is 0.970. The highest BCUT2D eigenvalue weighted by Crippen LogP contribution is 2.37. The number of Topliss-reactive ketones (excluding diaryl/α,β-unsaturated/α-hetero) is 1. The number of piperidine rings is 1. The normalized spacial score (nSPS) is 18.9. The van der Waals surface area contributed by atoms with Crippen molar-refractivity contribution in [3.8, 4) is 0 Å². The summed E-state index contributed by atoms with van der Waals surface area (Å²) in [4.78, 5) is 14.6. The Kier molecular flexibility index (Phi) is 5.39. The predicted octanol–water partition coefficient (Wildman–Crippen LogP) is 4.53. The molecule has 1 heterocycles. The lowest BCUT2D eigenvalue weighted by Crippen LogP contribution is -2.41. The molecule has 2 rings (SSSR count). The van der Waals surface area contributed by atoms with Crippen LogP contribution in [0.4, 0.5) is 0 Å². The molecule has 3 heteroatoms. The number of carbonyl (C=O) groups excluding carboxylic acids is 1. The van der Waals surface area contributed by atoms with Crippen LogP contribution in [0, 0.1) is 5.41 Å². The number of nitrogens with zero attached hydrogens (tertiary/aromatic N) is 1. The average molecular weight is 338 g/mol. The highest BCUT2D eigenvalue weighted by atomic mass is 79.9. The summed E-state index contributed by atoms with van der Waals surface area (Å²) in [5, 5.41) is 0. The van der Waals surface area contributed by atoms with Gasteiger partial charge in [-0.3, -0.25) is 9.69 Å². The number of hydrogen-bond donors (Lipinski definition) is 0. The van der Waals surface area contributed by atoms with Gasteiger partial charge in [-0.25, -0.2) is 0 Å². The molecule has 0 aliphatic carbocycles. The summed E-state index contributed by atoms with van der Waals surface area (Å²) in [5.74, 6) is 0.229. The smallest absolute Gasteiger partial charge is 0.176 e. The third-order valence-electron chi connectivity index (χ3n) is 4.93. The first-order chi connectivity index (χ1) is 9.58. The van der Waals surface area contributed by atoms with E-state index in [1.165, 1.54) is 25.7 Å². The quantitative estimate of drug-likeness (QED) is 0.735. The molecular formula is C17H24BrNO. The predicted molar refractivity (Wildman–Crippen MR) is 87.2 cm³/mol. The van der Waals surface area contributed by atoms with Crippen LogP contribution in [-0.4, -0.2) is 30.3 Å². The first kappa shape index (κ1) is 15.7. The molecule has 1 aromatic carbocycles. The molecule has 1 aliphatic heterocycles. The van der Waals surface area contributed by atoms with E-state index in [-0.39, 0.29) is 5.78 Å². The molecule has 0 radical (unpaired) electrons. The van der Waals surface area contributed by atoms with Crippen molar-refractivity contribution < 1.29 is 4.79 Å². The lowest BCUT2D eigenvalue weighted by Gasteiger charge is -2.40. The minimum Gasteiger partial charge on any atom is -0.296 e. The van der Waals surface area contributed by atoms with Gasteiger partial charge < -0.3 is 0 Å². The van der Waals surface area contributed by atoms with Crippen molar-refractivity contribution in [1.82, 2.24) is 4.90 Å². The average Bonchev–Trinajstić information content (AvgIpc) is 2.48. The second-order valence-corrected chi connectivity index (χ2v) is 6.83. The summed E-state index contributed by atoms with van der Waals surface area (Å²) in [6.45, 7) is 7.26. The largest absolute Gasteiger partial charge is 0.296 e. The summed E-state index contributed by atoms with van der Waals surface area (Å²) in [6.07, 6.45) is 4.98. The number of carbonyl (C=O) groups is 1. The molecule has 1 aromatic rings. The number of hydrogen-bond acceptors (Lipinski definition) is 2. The molecule has 20 heavy (non-hydrogen) atoms. The molecule has 110 valence electrons. The van der Waals surface area contributed by atoms with Crippen LogP contribution >= 0.6 is 15.9 Å². The fourth-order valence-corrected chi connectivity index (χ4v) is 3.50. The standard InChI is InChI=1S/C17H24BrNO/c1-3-17(4-2)8-10-19(11-9-17)13-16(20)14-6-5-7-15(18)12-14/h5-7,12H,3-4,8-11,13H2,1-2H3. The van der Waals surface area contributed by atoms with Gasteiger partial charge >= 0.3 is 0 Å². The van der Waals surface area contributed by atoms with Crippen LogP contribution in [0.1, 0.15) is 49.9 Å². The Balaban J connectivity index is 1.91. The van der Waals surface area contributed by atoms with Crippen molar-refractivity contribution in [2.45, 2.75) is 39.5 Å². The molecule has 0 unspecified atom stereocenters. The summed E-state index contributed by atoms with van der Waals surface area (Å²) in [5.41, 5.74) is 1.33. The zero-order valence-electron chi connectivity index (χ0n) is 12.5. The molecule has 0 saturated carbocycles. The van der Waals surface area contributed by atoms with Crippen molar-refractivity contribution in [1.29, 1.82) is 0 Å². The maximum absolute atomic E-state index is 12.3. The molecule has 1 fully saturated rings. The Labute approximate surface area is 130 Å². The highest BCUT2D eigenvalue weighted by Gasteiger charge is 2.31. The maximum Gasteiger partial charge on any atom is 0.176 e. The molecule has 0 amide bonds. The molecule has 1 saturated heterocycles. The Morgan fingerprint density at radius 3 is 2.45 bits per heavy atom. The summed E-state index contributed by atoms with van der Waals surface area (Å²) in [7, 11) is 0. The minimum absolute atomic E-state index is 0.229. The van der Waals surface area contributed by atoms with Crippen LogP contribution in [0.25, 0.3) is 0 Å². The zero-order chi connectivity index (χ0) is 14.6. The van der Waals surface area contributed by atoms with Crippen LogP contribution in [-0.2, 0) is 0 Å². The van der Waals surface area contributed by atoms with E-state index in [1.807, 2.05) is 24.3 Å². The van der Waals surface area contributed by atoms with Gasteiger partial charge in [0.05, 0.1) is 6.54 Å². The van der Waals surface area contributed by atoms with E-state index < -0.39 is 0 Å². The van der Waals surface area contributed by atoms with Crippen LogP contribution in [0.5, 0.6) is 0 Å². The van der Waals surface area contributed by atoms with E-state index in [0.29, 0.717) is 12.0 Å². The second kappa shape index (κ2) is 6.86. The zero-order valence-corrected chi connectivity index (χ0v) is 14.1. The molecule has 2 nitrogen and oxygen atoms in total. The van der Waals surface area contributed by atoms with Gasteiger partial charge in [0.25, 0.3) is 0 Å². The van der Waals surface area contributed by atoms with E-state index in [2.05, 4.69) is 34.7 Å². The Bertz CT molecular complexity index is 458. The maximum atomic E-state index is 12.3. The molecule has 0 atom stereocenters. The first-order valence-electron chi connectivity index (χ1n) is 7.60. The number of rotatable bonds is 5. The monoisotopic (exact) mass is 337 g/mol. The SMILES string of the molecule is CCC1(CC)CCN(CC(=O)c2cccc(Br)c2)CC1. The molecule has 0 N–H and O–H groups in total. The topological polar surface area (TPSA) is 20.3 Å². The van der Waals surface area contributed by atoms with E-state index in [1.54, 1.807) is 0 Å². The van der Waals surface area contributed by atoms with Crippen molar-refractivity contribution in [2.24, 2.45) is 5.41 Å². The highest BCUT2D eigenvalue weighted by molar-refractivity contribution is 9.10. The van der Waals surface area contributed by atoms with Gasteiger partial charge in [0, 0.05) is 10.0 Å². The van der Waals surface area contributed by atoms with Gasteiger partial charge in [-0.05, 0) is 43.5 Å². The third kappa shape index (κ3) is 3.70. The number of benzene rings is 1. The van der Waals surface area contributed by atoms with Gasteiger partial charge in [0.1, 0.15) is 0 Å². The number of ketones is 1. The first-order valence-corrected chi connectivity index (χ1v) is 8.39. The van der Waals surface area contributed by atoms with Crippen LogP contribution in [0.2, 0.25) is 0 Å². The number of likely N-dealkylation sites (tertiary alicyclic amines) is 1. The van der Waals surface area contributed by atoms with Gasteiger partial charge in [0.15, 0.2) is 5.78 Å². The molecule has 0 bridgehead atoms. The van der Waals surface area contributed by atoms with Gasteiger partial charge in [-0.1, -0.05) is 54.8 Å². The van der Waals surface area contributed by atoms with Gasteiger partial charge in [0.2, 0.25) is 0 Å². The minimum atomic E-state index is 0.229. The Morgan fingerprint density at radius 2 is 1.90 bits per heavy atom. The third-order valence-corrected chi connectivity index (χ3v) is 5.42. The van der Waals surface area contributed by atoms with Crippen LogP contribution < -0.4 is 0 Å². The van der Waals surface area contributed by atoms with Crippen molar-refractivity contribution in [3.05, 3.63) is 34.3 Å². The Hall–Kier alpha value is -0.670. The molecule has 0 aromatic heterocycles. The lowest BCUT2D eigenvalue weighted by atomic mass is 9.74. The fourth-order valence-electron chi connectivity index (χ4n) is 3.10. The van der Waals surface area contributed by atoms with Gasteiger partial charge in [-0.15, -0.1) is 0 Å². The molecule has 0 spiro atoms. The van der Waals surface area contributed by atoms with E-state index in [9.17, 15) is 4.79 Å². The van der Waals surface area contributed by atoms with Crippen LogP contribution in [0.3, 0.4) is 0 Å². The summed E-state index contributed by atoms with van der Waals surface area (Å²) in [6, 6.07) is 7.69. The van der Waals surface area contributed by atoms with Crippen molar-refractivity contribution in [2.75, 3.05) is 19.6 Å². The van der Waals surface area contributed by atoms with Crippen molar-refractivity contribution in [3.63, 3.8) is 0 Å². The van der Waals surface area contributed by atoms with E-state index >= 15 is 0 Å². The Morgan fingerprint density at radius 1 is 1.25 bits per heavy atom. The van der Waals surface area contributed by atoms with E-state index in [0.717, 1.165) is 23.1 Å². The lowest BCUT2D eigenvalue weighted by molar-refractivity contribution is 0.0756. The van der Waals surface area contributed by atoms with E-state index in [4.69, 9.17) is 0 Å². The van der Waals surface area contributed by atoms with Gasteiger partial charge in [-0.2, -0.15) is 0 Å². The summed E-state index contributed by atoms with van der Waals surface area (Å²) >= 11 is 3.42. The molecular weight excluding hydrogens is 314 g/mol.